The molecule has 3 rings (SSSR count). The molecular formula is C20H25F3N2O2. The summed E-state index contributed by atoms with van der Waals surface area (Å²) in [5, 5.41) is 3.05. The number of amides is 2. The summed E-state index contributed by atoms with van der Waals surface area (Å²) in [6, 6.07) is 9.52. The van der Waals surface area contributed by atoms with Gasteiger partial charge in [0.1, 0.15) is 6.54 Å². The van der Waals surface area contributed by atoms with Crippen LogP contribution < -0.4 is 5.32 Å². The third-order valence-electron chi connectivity index (χ3n) is 5.53. The molecule has 1 N–H and O–H groups in total. The van der Waals surface area contributed by atoms with Crippen LogP contribution in [0.15, 0.2) is 30.3 Å². The molecule has 1 aromatic carbocycles. The molecule has 148 valence electrons. The lowest BCUT2D eigenvalue weighted by molar-refractivity contribution is -0.157. The minimum atomic E-state index is -4.45. The van der Waals surface area contributed by atoms with Crippen LogP contribution >= 0.6 is 0 Å². The average molecular weight is 382 g/mol. The Hall–Kier alpha value is -2.05. The Morgan fingerprint density at radius 3 is 2.44 bits per heavy atom. The number of carbonyl (C=O) groups excluding carboxylic acids is 2. The van der Waals surface area contributed by atoms with Gasteiger partial charge in [-0.25, -0.2) is 0 Å². The lowest BCUT2D eigenvalue weighted by Gasteiger charge is -2.32. The average Bonchev–Trinajstić information content (AvgIpc) is 3.00. The predicted molar refractivity (Wildman–Crippen MR) is 94.6 cm³/mol. The maximum Gasteiger partial charge on any atom is 0.406 e. The van der Waals surface area contributed by atoms with Gasteiger partial charge in [-0.2, -0.15) is 13.2 Å². The van der Waals surface area contributed by atoms with Crippen LogP contribution in [-0.4, -0.2) is 36.0 Å². The minimum Gasteiger partial charge on any atom is -0.349 e. The molecule has 1 aliphatic heterocycles. The highest BCUT2D eigenvalue weighted by Crippen LogP contribution is 2.35. The largest absolute Gasteiger partial charge is 0.406 e. The summed E-state index contributed by atoms with van der Waals surface area (Å²) in [4.78, 5) is 25.4. The number of hydrogen-bond acceptors (Lipinski definition) is 2. The van der Waals surface area contributed by atoms with Crippen molar-refractivity contribution < 1.29 is 22.8 Å². The van der Waals surface area contributed by atoms with Crippen LogP contribution in [0.4, 0.5) is 13.2 Å². The van der Waals surface area contributed by atoms with E-state index in [0.29, 0.717) is 5.92 Å². The van der Waals surface area contributed by atoms with Gasteiger partial charge in [-0.1, -0.05) is 49.6 Å². The highest BCUT2D eigenvalue weighted by Gasteiger charge is 2.41. The molecule has 0 spiro atoms. The second kappa shape index (κ2) is 8.31. The van der Waals surface area contributed by atoms with Crippen molar-refractivity contribution in [2.24, 2.45) is 11.8 Å². The molecule has 0 aromatic heterocycles. The van der Waals surface area contributed by atoms with Crippen LogP contribution in [0.3, 0.4) is 0 Å². The Kier molecular flexibility index (Phi) is 6.07. The van der Waals surface area contributed by atoms with Crippen LogP contribution in [0, 0.1) is 11.8 Å². The van der Waals surface area contributed by atoms with E-state index in [0.717, 1.165) is 36.1 Å². The second-order valence-corrected chi connectivity index (χ2v) is 7.59. The van der Waals surface area contributed by atoms with E-state index >= 15 is 0 Å². The molecule has 1 saturated heterocycles. The molecule has 4 nitrogen and oxygen atoms in total. The molecule has 1 heterocycles. The van der Waals surface area contributed by atoms with Crippen LogP contribution in [-0.2, 0) is 9.59 Å². The maximum absolute atomic E-state index is 12.8. The van der Waals surface area contributed by atoms with Gasteiger partial charge >= 0.3 is 6.18 Å². The van der Waals surface area contributed by atoms with Crippen LogP contribution in [0.1, 0.15) is 50.1 Å². The molecule has 7 heteroatoms. The van der Waals surface area contributed by atoms with Gasteiger partial charge in [0.05, 0.1) is 12.0 Å². The SMILES string of the molecule is O=C(NC(c1ccccc1)C1CCCCC1)C1CC(=O)N(CC(F)(F)F)C1. The fourth-order valence-corrected chi connectivity index (χ4v) is 4.19. The number of likely N-dealkylation sites (tertiary alicyclic amines) is 1. The summed E-state index contributed by atoms with van der Waals surface area (Å²) in [6.45, 7) is -1.46. The summed E-state index contributed by atoms with van der Waals surface area (Å²) >= 11 is 0. The molecule has 1 saturated carbocycles. The molecule has 2 unspecified atom stereocenters. The van der Waals surface area contributed by atoms with Gasteiger partial charge < -0.3 is 10.2 Å². The first-order chi connectivity index (χ1) is 12.8. The first-order valence-corrected chi connectivity index (χ1v) is 9.53. The van der Waals surface area contributed by atoms with Crippen molar-refractivity contribution in [2.75, 3.05) is 13.1 Å². The molecule has 2 atom stereocenters. The number of nitrogens with one attached hydrogen (secondary N) is 1. The summed E-state index contributed by atoms with van der Waals surface area (Å²) < 4.78 is 37.8. The standard InChI is InChI=1S/C20H25F3N2O2/c21-20(22,23)13-25-12-16(11-17(25)26)19(27)24-18(14-7-3-1-4-8-14)15-9-5-2-6-10-15/h1,3-4,7-8,15-16,18H,2,5-6,9-13H2,(H,24,27). The molecule has 2 aliphatic rings. The highest BCUT2D eigenvalue weighted by molar-refractivity contribution is 5.89. The van der Waals surface area contributed by atoms with E-state index in [1.807, 2.05) is 30.3 Å². The molecular weight excluding hydrogens is 357 g/mol. The van der Waals surface area contributed by atoms with E-state index in [1.165, 1.54) is 6.42 Å². The van der Waals surface area contributed by atoms with Gasteiger partial charge in [0.25, 0.3) is 0 Å². The van der Waals surface area contributed by atoms with Crippen molar-refractivity contribution in [3.05, 3.63) is 35.9 Å². The number of hydrogen-bond donors (Lipinski definition) is 1. The van der Waals surface area contributed by atoms with E-state index in [4.69, 9.17) is 0 Å². The third-order valence-corrected chi connectivity index (χ3v) is 5.53. The smallest absolute Gasteiger partial charge is 0.349 e. The molecule has 0 radical (unpaired) electrons. The van der Waals surface area contributed by atoms with Crippen molar-refractivity contribution in [1.29, 1.82) is 0 Å². The van der Waals surface area contributed by atoms with Crippen LogP contribution in [0.5, 0.6) is 0 Å². The Bertz CT molecular complexity index is 657. The van der Waals surface area contributed by atoms with Gasteiger partial charge in [-0.05, 0) is 24.3 Å². The zero-order chi connectivity index (χ0) is 19.4. The summed E-state index contributed by atoms with van der Waals surface area (Å²) in [7, 11) is 0. The van der Waals surface area contributed by atoms with Crippen molar-refractivity contribution in [3.63, 3.8) is 0 Å². The number of alkyl halides is 3. The molecule has 2 amide bonds. The summed E-state index contributed by atoms with van der Waals surface area (Å²) in [6.07, 6.45) is 0.850. The predicted octanol–water partition coefficient (Wildman–Crippen LogP) is 3.84. The van der Waals surface area contributed by atoms with Gasteiger partial charge in [-0.3, -0.25) is 9.59 Å². The lowest BCUT2D eigenvalue weighted by Crippen LogP contribution is -2.40. The number of nitrogens with zero attached hydrogens (tertiary/aromatic N) is 1. The first-order valence-electron chi connectivity index (χ1n) is 9.53. The van der Waals surface area contributed by atoms with E-state index in [1.54, 1.807) is 0 Å². The molecule has 27 heavy (non-hydrogen) atoms. The van der Waals surface area contributed by atoms with Gasteiger partial charge in [0.2, 0.25) is 11.8 Å². The van der Waals surface area contributed by atoms with Crippen molar-refractivity contribution >= 4 is 11.8 Å². The number of rotatable bonds is 5. The van der Waals surface area contributed by atoms with Gasteiger partial charge in [0, 0.05) is 13.0 Å². The minimum absolute atomic E-state index is 0.159. The Labute approximate surface area is 157 Å². The Morgan fingerprint density at radius 2 is 1.81 bits per heavy atom. The zero-order valence-electron chi connectivity index (χ0n) is 15.2. The maximum atomic E-state index is 12.8. The third kappa shape index (κ3) is 5.23. The zero-order valence-corrected chi connectivity index (χ0v) is 15.2. The normalized spacial score (nSPS) is 22.7. The quantitative estimate of drug-likeness (QED) is 0.841. The fourth-order valence-electron chi connectivity index (χ4n) is 4.19. The van der Waals surface area contributed by atoms with E-state index < -0.39 is 24.5 Å². The molecule has 1 aliphatic carbocycles. The van der Waals surface area contributed by atoms with E-state index in [-0.39, 0.29) is 24.9 Å². The highest BCUT2D eigenvalue weighted by atomic mass is 19.4. The fraction of sp³-hybridized carbons (Fsp3) is 0.600. The van der Waals surface area contributed by atoms with E-state index in [2.05, 4.69) is 5.32 Å². The second-order valence-electron chi connectivity index (χ2n) is 7.59. The van der Waals surface area contributed by atoms with Crippen molar-refractivity contribution in [3.8, 4) is 0 Å². The topological polar surface area (TPSA) is 49.4 Å². The van der Waals surface area contributed by atoms with Gasteiger partial charge in [0.15, 0.2) is 0 Å². The molecule has 2 fully saturated rings. The first kappa shape index (κ1) is 19.7. The number of benzene rings is 1. The van der Waals surface area contributed by atoms with Gasteiger partial charge in [-0.15, -0.1) is 0 Å². The Balaban J connectivity index is 1.68. The summed E-state index contributed by atoms with van der Waals surface area (Å²) in [5.74, 6) is -1.35. The van der Waals surface area contributed by atoms with Crippen LogP contribution in [0.2, 0.25) is 0 Å². The Morgan fingerprint density at radius 1 is 1.15 bits per heavy atom. The molecule has 0 bridgehead atoms. The number of carbonyl (C=O) groups is 2. The molecule has 1 aromatic rings. The van der Waals surface area contributed by atoms with Crippen LogP contribution in [0.25, 0.3) is 0 Å². The lowest BCUT2D eigenvalue weighted by atomic mass is 9.81. The monoisotopic (exact) mass is 382 g/mol. The van der Waals surface area contributed by atoms with Crippen molar-refractivity contribution in [1.82, 2.24) is 10.2 Å². The summed E-state index contributed by atoms with van der Waals surface area (Å²) in [5.41, 5.74) is 1.01. The van der Waals surface area contributed by atoms with Crippen molar-refractivity contribution in [2.45, 2.75) is 50.7 Å². The van der Waals surface area contributed by atoms with E-state index in [9.17, 15) is 22.8 Å². The number of halogens is 3.